The summed E-state index contributed by atoms with van der Waals surface area (Å²) in [6.07, 6.45) is 0. The third-order valence-electron chi connectivity index (χ3n) is 3.11. The predicted octanol–water partition coefficient (Wildman–Crippen LogP) is 3.14. The number of rotatable bonds is 2. The van der Waals surface area contributed by atoms with Crippen molar-refractivity contribution in [1.29, 1.82) is 0 Å². The van der Waals surface area contributed by atoms with Crippen LogP contribution in [0.15, 0.2) is 54.6 Å². The number of hydrogen-bond donors (Lipinski definition) is 1. The summed E-state index contributed by atoms with van der Waals surface area (Å²) in [5.41, 5.74) is 1.63. The third kappa shape index (κ3) is 1.64. The van der Waals surface area contributed by atoms with Gasteiger partial charge >= 0.3 is 5.97 Å². The zero-order chi connectivity index (χ0) is 12.6. The van der Waals surface area contributed by atoms with Gasteiger partial charge in [-0.25, -0.2) is 4.79 Å². The topological polar surface area (TPSA) is 38.3 Å². The van der Waals surface area contributed by atoms with E-state index in [-0.39, 0.29) is 5.97 Å². The standard InChI is InChI=1S/C15H13NO2/c1-15(16-11-7-3-2-4-8-11)13-10-6-5-9-12(13)14(17)18-15/h2-10,16H,1H3/t15-/m1/s1. The number of ether oxygens (including phenoxy) is 1. The Labute approximate surface area is 105 Å². The minimum Gasteiger partial charge on any atom is -0.431 e. The van der Waals surface area contributed by atoms with E-state index in [4.69, 9.17) is 4.74 Å². The van der Waals surface area contributed by atoms with Gasteiger partial charge in [0.2, 0.25) is 5.72 Å². The normalized spacial score (nSPS) is 21.3. The van der Waals surface area contributed by atoms with E-state index in [9.17, 15) is 4.79 Å². The lowest BCUT2D eigenvalue weighted by Crippen LogP contribution is -2.31. The number of carbonyl (C=O) groups excluding carboxylic acids is 1. The first-order chi connectivity index (χ1) is 8.69. The van der Waals surface area contributed by atoms with Crippen molar-refractivity contribution in [1.82, 2.24) is 0 Å². The average Bonchev–Trinajstić information content (AvgIpc) is 2.63. The second-order valence-electron chi connectivity index (χ2n) is 4.46. The maximum atomic E-state index is 11.8. The van der Waals surface area contributed by atoms with Crippen LogP contribution in [-0.4, -0.2) is 5.97 Å². The van der Waals surface area contributed by atoms with Gasteiger partial charge in [0.25, 0.3) is 0 Å². The Bertz CT molecular complexity index is 594. The molecule has 2 aromatic carbocycles. The van der Waals surface area contributed by atoms with E-state index in [0.29, 0.717) is 5.56 Å². The van der Waals surface area contributed by atoms with Gasteiger partial charge in [-0.15, -0.1) is 0 Å². The van der Waals surface area contributed by atoms with Crippen molar-refractivity contribution >= 4 is 11.7 Å². The smallest absolute Gasteiger partial charge is 0.341 e. The molecule has 0 unspecified atom stereocenters. The highest BCUT2D eigenvalue weighted by atomic mass is 16.6. The monoisotopic (exact) mass is 239 g/mol. The van der Waals surface area contributed by atoms with Crippen LogP contribution >= 0.6 is 0 Å². The van der Waals surface area contributed by atoms with Gasteiger partial charge in [-0.1, -0.05) is 36.4 Å². The first-order valence-corrected chi connectivity index (χ1v) is 5.85. The second kappa shape index (κ2) is 3.88. The lowest BCUT2D eigenvalue weighted by atomic mass is 10.0. The van der Waals surface area contributed by atoms with Crippen molar-refractivity contribution in [3.8, 4) is 0 Å². The molecular weight excluding hydrogens is 226 g/mol. The number of hydrogen-bond acceptors (Lipinski definition) is 3. The molecule has 90 valence electrons. The number of para-hydroxylation sites is 1. The van der Waals surface area contributed by atoms with Gasteiger partial charge in [-0.05, 0) is 25.1 Å². The number of esters is 1. The second-order valence-corrected chi connectivity index (χ2v) is 4.46. The molecule has 0 saturated heterocycles. The highest BCUT2D eigenvalue weighted by Gasteiger charge is 2.41. The van der Waals surface area contributed by atoms with Crippen LogP contribution < -0.4 is 5.32 Å². The molecule has 0 radical (unpaired) electrons. The Hall–Kier alpha value is -2.29. The number of carbonyl (C=O) groups is 1. The highest BCUT2D eigenvalue weighted by Crippen LogP contribution is 2.36. The molecule has 1 atom stereocenters. The van der Waals surface area contributed by atoms with E-state index in [1.54, 1.807) is 6.07 Å². The van der Waals surface area contributed by atoms with Gasteiger partial charge in [-0.2, -0.15) is 0 Å². The number of anilines is 1. The van der Waals surface area contributed by atoms with Crippen LogP contribution in [0.1, 0.15) is 22.8 Å². The molecule has 1 aliphatic rings. The average molecular weight is 239 g/mol. The lowest BCUT2D eigenvalue weighted by Gasteiger charge is -2.26. The summed E-state index contributed by atoms with van der Waals surface area (Å²) in [6.45, 7) is 1.86. The summed E-state index contributed by atoms with van der Waals surface area (Å²) in [5, 5.41) is 3.26. The summed E-state index contributed by atoms with van der Waals surface area (Å²) in [7, 11) is 0. The van der Waals surface area contributed by atoms with Crippen LogP contribution in [-0.2, 0) is 10.5 Å². The zero-order valence-electron chi connectivity index (χ0n) is 10.0. The fraction of sp³-hybridized carbons (Fsp3) is 0.133. The maximum absolute atomic E-state index is 11.8. The molecule has 0 aromatic heterocycles. The zero-order valence-corrected chi connectivity index (χ0v) is 10.0. The van der Waals surface area contributed by atoms with Crippen LogP contribution in [0.3, 0.4) is 0 Å². The van der Waals surface area contributed by atoms with Gasteiger partial charge in [-0.3, -0.25) is 0 Å². The molecule has 3 heteroatoms. The molecule has 0 amide bonds. The van der Waals surface area contributed by atoms with Crippen LogP contribution in [0.4, 0.5) is 5.69 Å². The molecule has 0 bridgehead atoms. The van der Waals surface area contributed by atoms with Crippen molar-refractivity contribution in [2.75, 3.05) is 5.32 Å². The van der Waals surface area contributed by atoms with Crippen LogP contribution in [0, 0.1) is 0 Å². The molecule has 3 nitrogen and oxygen atoms in total. The molecule has 0 fully saturated rings. The van der Waals surface area contributed by atoms with Crippen molar-refractivity contribution in [2.45, 2.75) is 12.6 Å². The predicted molar refractivity (Wildman–Crippen MR) is 69.3 cm³/mol. The van der Waals surface area contributed by atoms with Crippen LogP contribution in [0.2, 0.25) is 0 Å². The third-order valence-corrected chi connectivity index (χ3v) is 3.11. The van der Waals surface area contributed by atoms with Gasteiger partial charge in [0, 0.05) is 11.3 Å². The van der Waals surface area contributed by atoms with Crippen molar-refractivity contribution in [3.63, 3.8) is 0 Å². The van der Waals surface area contributed by atoms with Gasteiger partial charge < -0.3 is 10.1 Å². The van der Waals surface area contributed by atoms with E-state index in [1.165, 1.54) is 0 Å². The molecule has 0 saturated carbocycles. The van der Waals surface area contributed by atoms with E-state index in [0.717, 1.165) is 11.3 Å². The van der Waals surface area contributed by atoms with Crippen LogP contribution in [0.25, 0.3) is 0 Å². The fourth-order valence-electron chi connectivity index (χ4n) is 2.26. The summed E-state index contributed by atoms with van der Waals surface area (Å²) in [5.74, 6) is -0.281. The molecule has 1 heterocycles. The summed E-state index contributed by atoms with van der Waals surface area (Å²) in [4.78, 5) is 11.8. The Kier molecular flexibility index (Phi) is 2.33. The van der Waals surface area contributed by atoms with E-state index in [2.05, 4.69) is 5.32 Å². The SMILES string of the molecule is C[C@@]1(Nc2ccccc2)OC(=O)c2ccccc21. The fourth-order valence-corrected chi connectivity index (χ4v) is 2.26. The number of nitrogens with one attached hydrogen (secondary N) is 1. The molecule has 2 aromatic rings. The molecule has 18 heavy (non-hydrogen) atoms. The van der Waals surface area contributed by atoms with Crippen molar-refractivity contribution in [3.05, 3.63) is 65.7 Å². The molecular formula is C15H13NO2. The molecule has 0 aliphatic carbocycles. The van der Waals surface area contributed by atoms with Gasteiger partial charge in [0.05, 0.1) is 5.56 Å². The highest BCUT2D eigenvalue weighted by molar-refractivity contribution is 5.95. The Morgan fingerprint density at radius 3 is 2.44 bits per heavy atom. The van der Waals surface area contributed by atoms with Crippen LogP contribution in [0.5, 0.6) is 0 Å². The van der Waals surface area contributed by atoms with E-state index >= 15 is 0 Å². The first-order valence-electron chi connectivity index (χ1n) is 5.85. The molecule has 1 aliphatic heterocycles. The number of benzene rings is 2. The molecule has 3 rings (SSSR count). The first kappa shape index (κ1) is 10.8. The quantitative estimate of drug-likeness (QED) is 0.818. The minimum absolute atomic E-state index is 0.281. The van der Waals surface area contributed by atoms with E-state index in [1.807, 2.05) is 55.5 Å². The molecule has 0 spiro atoms. The van der Waals surface area contributed by atoms with Crippen molar-refractivity contribution < 1.29 is 9.53 Å². The maximum Gasteiger partial charge on any atom is 0.341 e. The van der Waals surface area contributed by atoms with Crippen molar-refractivity contribution in [2.24, 2.45) is 0 Å². The largest absolute Gasteiger partial charge is 0.431 e. The summed E-state index contributed by atoms with van der Waals surface area (Å²) in [6, 6.07) is 17.2. The van der Waals surface area contributed by atoms with E-state index < -0.39 is 5.72 Å². The van der Waals surface area contributed by atoms with Gasteiger partial charge in [0.1, 0.15) is 0 Å². The Morgan fingerprint density at radius 1 is 1.00 bits per heavy atom. The Morgan fingerprint density at radius 2 is 1.67 bits per heavy atom. The summed E-state index contributed by atoms with van der Waals surface area (Å²) < 4.78 is 5.47. The lowest BCUT2D eigenvalue weighted by molar-refractivity contribution is 0.0134. The number of cyclic esters (lactones) is 1. The van der Waals surface area contributed by atoms with Gasteiger partial charge in [0.15, 0.2) is 0 Å². The molecule has 1 N–H and O–H groups in total. The Balaban J connectivity index is 2.00. The summed E-state index contributed by atoms with van der Waals surface area (Å²) >= 11 is 0. The number of fused-ring (bicyclic) bond motifs is 1. The minimum atomic E-state index is -0.797.